The number of halogens is 1. The summed E-state index contributed by atoms with van der Waals surface area (Å²) in [5, 5.41) is 4.41. The Hall–Kier alpha value is -0.550. The first-order chi connectivity index (χ1) is 7.18. The second-order valence-corrected chi connectivity index (χ2v) is 4.82. The Morgan fingerprint density at radius 2 is 2.20 bits per heavy atom. The molecule has 0 spiro atoms. The summed E-state index contributed by atoms with van der Waals surface area (Å²) >= 11 is 3.43. The third-order valence-corrected chi connectivity index (χ3v) is 3.84. The molecular weight excluding hydrogens is 258 g/mol. The van der Waals surface area contributed by atoms with Gasteiger partial charge in [-0.3, -0.25) is 0 Å². The molecule has 84 valence electrons. The number of rotatable bonds is 2. The monoisotopic (exact) mass is 273 g/mol. The maximum atomic E-state index is 5.94. The first-order valence-corrected chi connectivity index (χ1v) is 6.04. The molecule has 1 aliphatic heterocycles. The van der Waals surface area contributed by atoms with Crippen molar-refractivity contribution in [2.24, 2.45) is 5.92 Å². The molecule has 0 bridgehead atoms. The van der Waals surface area contributed by atoms with Crippen LogP contribution in [-0.4, -0.2) is 23.0 Å². The van der Waals surface area contributed by atoms with Crippen LogP contribution in [0.2, 0.25) is 0 Å². The van der Waals surface area contributed by atoms with E-state index in [0.717, 1.165) is 48.6 Å². The summed E-state index contributed by atoms with van der Waals surface area (Å²) in [5.41, 5.74) is 6.90. The standard InChI is InChI=1S/C10H16BrN3O/c1-7-9(11)10(12)14(13-7)6-8-2-4-15-5-3-8/h8H,2-6,12H2,1H3. The van der Waals surface area contributed by atoms with Gasteiger partial charge in [-0.15, -0.1) is 0 Å². The van der Waals surface area contributed by atoms with Gasteiger partial charge < -0.3 is 10.5 Å². The van der Waals surface area contributed by atoms with Crippen molar-refractivity contribution in [1.82, 2.24) is 9.78 Å². The zero-order chi connectivity index (χ0) is 10.8. The van der Waals surface area contributed by atoms with Gasteiger partial charge in [0.25, 0.3) is 0 Å². The summed E-state index contributed by atoms with van der Waals surface area (Å²) in [4.78, 5) is 0. The van der Waals surface area contributed by atoms with Crippen molar-refractivity contribution in [1.29, 1.82) is 0 Å². The molecule has 2 heterocycles. The number of aromatic nitrogens is 2. The Morgan fingerprint density at radius 1 is 1.53 bits per heavy atom. The molecule has 1 aromatic heterocycles. The second-order valence-electron chi connectivity index (χ2n) is 4.02. The number of hydrogen-bond donors (Lipinski definition) is 1. The Bertz CT molecular complexity index is 345. The molecule has 1 saturated heterocycles. The fourth-order valence-electron chi connectivity index (χ4n) is 1.89. The van der Waals surface area contributed by atoms with E-state index in [1.54, 1.807) is 0 Å². The minimum atomic E-state index is 0.646. The molecule has 4 nitrogen and oxygen atoms in total. The minimum absolute atomic E-state index is 0.646. The minimum Gasteiger partial charge on any atom is -0.383 e. The third kappa shape index (κ3) is 2.34. The molecular formula is C10H16BrN3O. The average molecular weight is 274 g/mol. The Kier molecular flexibility index (Phi) is 3.31. The van der Waals surface area contributed by atoms with Crippen LogP contribution in [0, 0.1) is 12.8 Å². The SMILES string of the molecule is Cc1nn(CC2CCOCC2)c(N)c1Br. The van der Waals surface area contributed by atoms with Crippen LogP contribution in [0.4, 0.5) is 5.82 Å². The van der Waals surface area contributed by atoms with Gasteiger partial charge in [0, 0.05) is 19.8 Å². The van der Waals surface area contributed by atoms with Crippen molar-refractivity contribution >= 4 is 21.7 Å². The van der Waals surface area contributed by atoms with E-state index in [1.165, 1.54) is 0 Å². The van der Waals surface area contributed by atoms with Crippen molar-refractivity contribution in [3.63, 3.8) is 0 Å². The number of nitrogens with zero attached hydrogens (tertiary/aromatic N) is 2. The van der Waals surface area contributed by atoms with Gasteiger partial charge in [0.2, 0.25) is 0 Å². The van der Waals surface area contributed by atoms with Crippen molar-refractivity contribution in [3.8, 4) is 0 Å². The molecule has 0 radical (unpaired) electrons. The highest BCUT2D eigenvalue weighted by Gasteiger charge is 2.17. The molecule has 0 atom stereocenters. The van der Waals surface area contributed by atoms with E-state index in [-0.39, 0.29) is 0 Å². The molecule has 0 aliphatic carbocycles. The smallest absolute Gasteiger partial charge is 0.136 e. The number of ether oxygens (including phenoxy) is 1. The van der Waals surface area contributed by atoms with Gasteiger partial charge in [-0.25, -0.2) is 4.68 Å². The van der Waals surface area contributed by atoms with E-state index in [1.807, 2.05) is 11.6 Å². The van der Waals surface area contributed by atoms with Crippen molar-refractivity contribution in [3.05, 3.63) is 10.2 Å². The lowest BCUT2D eigenvalue weighted by Gasteiger charge is -2.22. The first kappa shape index (κ1) is 11.0. The highest BCUT2D eigenvalue weighted by molar-refractivity contribution is 9.10. The van der Waals surface area contributed by atoms with Crippen molar-refractivity contribution < 1.29 is 4.74 Å². The molecule has 0 aromatic carbocycles. The number of hydrogen-bond acceptors (Lipinski definition) is 3. The van der Waals surface area contributed by atoms with Crippen molar-refractivity contribution in [2.45, 2.75) is 26.3 Å². The van der Waals surface area contributed by atoms with Crippen LogP contribution in [0.5, 0.6) is 0 Å². The number of nitrogen functional groups attached to an aromatic ring is 1. The van der Waals surface area contributed by atoms with E-state index in [4.69, 9.17) is 10.5 Å². The zero-order valence-corrected chi connectivity index (χ0v) is 10.5. The Morgan fingerprint density at radius 3 is 2.73 bits per heavy atom. The number of aryl methyl sites for hydroxylation is 1. The predicted molar refractivity (Wildman–Crippen MR) is 62.6 cm³/mol. The summed E-state index contributed by atoms with van der Waals surface area (Å²) < 4.78 is 8.15. The second kappa shape index (κ2) is 4.53. The highest BCUT2D eigenvalue weighted by atomic mass is 79.9. The summed E-state index contributed by atoms with van der Waals surface area (Å²) in [6.45, 7) is 4.60. The summed E-state index contributed by atoms with van der Waals surface area (Å²) in [6, 6.07) is 0. The molecule has 0 amide bonds. The largest absolute Gasteiger partial charge is 0.383 e. The zero-order valence-electron chi connectivity index (χ0n) is 8.87. The van der Waals surface area contributed by atoms with Gasteiger partial charge in [0.1, 0.15) is 5.82 Å². The first-order valence-electron chi connectivity index (χ1n) is 5.24. The fourth-order valence-corrected chi connectivity index (χ4v) is 2.17. The molecule has 2 N–H and O–H groups in total. The van der Waals surface area contributed by atoms with Crippen LogP contribution in [0.1, 0.15) is 18.5 Å². The summed E-state index contributed by atoms with van der Waals surface area (Å²) in [5.74, 6) is 1.38. The van der Waals surface area contributed by atoms with Crippen LogP contribution in [0.3, 0.4) is 0 Å². The van der Waals surface area contributed by atoms with Gasteiger partial charge in [-0.1, -0.05) is 0 Å². The quantitative estimate of drug-likeness (QED) is 0.897. The average Bonchev–Trinajstić information content (AvgIpc) is 2.48. The predicted octanol–water partition coefficient (Wildman–Crippen LogP) is 1.96. The van der Waals surface area contributed by atoms with E-state index in [2.05, 4.69) is 21.0 Å². The fraction of sp³-hybridized carbons (Fsp3) is 0.700. The van der Waals surface area contributed by atoms with E-state index >= 15 is 0 Å². The summed E-state index contributed by atoms with van der Waals surface area (Å²) in [6.07, 6.45) is 2.21. The van der Waals surface area contributed by atoms with Crippen LogP contribution in [0.25, 0.3) is 0 Å². The number of anilines is 1. The van der Waals surface area contributed by atoms with Crippen LogP contribution in [-0.2, 0) is 11.3 Å². The highest BCUT2D eigenvalue weighted by Crippen LogP contribution is 2.25. The molecule has 2 rings (SSSR count). The van der Waals surface area contributed by atoms with Gasteiger partial charge in [-0.2, -0.15) is 5.10 Å². The van der Waals surface area contributed by atoms with E-state index in [9.17, 15) is 0 Å². The Labute approximate surface area is 97.9 Å². The van der Waals surface area contributed by atoms with E-state index < -0.39 is 0 Å². The van der Waals surface area contributed by atoms with Gasteiger partial charge >= 0.3 is 0 Å². The molecule has 15 heavy (non-hydrogen) atoms. The van der Waals surface area contributed by atoms with Crippen LogP contribution >= 0.6 is 15.9 Å². The maximum absolute atomic E-state index is 5.94. The number of nitrogens with two attached hydrogens (primary N) is 1. The maximum Gasteiger partial charge on any atom is 0.136 e. The molecule has 0 unspecified atom stereocenters. The molecule has 5 heteroatoms. The van der Waals surface area contributed by atoms with Crippen LogP contribution in [0.15, 0.2) is 4.47 Å². The van der Waals surface area contributed by atoms with Crippen molar-refractivity contribution in [2.75, 3.05) is 18.9 Å². The topological polar surface area (TPSA) is 53.1 Å². The Balaban J connectivity index is 2.06. The van der Waals surface area contributed by atoms with Crippen LogP contribution < -0.4 is 5.73 Å². The third-order valence-electron chi connectivity index (χ3n) is 2.86. The molecule has 0 saturated carbocycles. The lowest BCUT2D eigenvalue weighted by atomic mass is 10.0. The lowest BCUT2D eigenvalue weighted by molar-refractivity contribution is 0.0603. The lowest BCUT2D eigenvalue weighted by Crippen LogP contribution is -2.21. The normalized spacial score (nSPS) is 18.3. The molecule has 1 fully saturated rings. The van der Waals surface area contributed by atoms with Gasteiger partial charge in [0.05, 0.1) is 10.2 Å². The molecule has 1 aromatic rings. The van der Waals surface area contributed by atoms with Gasteiger partial charge in [0.15, 0.2) is 0 Å². The van der Waals surface area contributed by atoms with Gasteiger partial charge in [-0.05, 0) is 41.6 Å². The summed E-state index contributed by atoms with van der Waals surface area (Å²) in [7, 11) is 0. The molecule has 1 aliphatic rings. The van der Waals surface area contributed by atoms with E-state index in [0.29, 0.717) is 5.92 Å².